The first-order valence-corrected chi connectivity index (χ1v) is 8.56. The van der Waals surface area contributed by atoms with Crippen LogP contribution in [0.2, 0.25) is 0 Å². The molecule has 8 heteroatoms. The van der Waals surface area contributed by atoms with Crippen LogP contribution in [-0.4, -0.2) is 73.2 Å². The maximum absolute atomic E-state index is 12.2. The highest BCUT2D eigenvalue weighted by atomic mass is 35.5. The normalized spacial score (nSPS) is 17.9. The molecule has 146 valence electrons. The van der Waals surface area contributed by atoms with Gasteiger partial charge in [0, 0.05) is 18.3 Å². The van der Waals surface area contributed by atoms with E-state index in [2.05, 4.69) is 10.2 Å². The number of halogens is 1. The Kier molecular flexibility index (Phi) is 9.40. The fraction of sp³-hybridized carbons (Fsp3) is 0.556. The smallest absolute Gasteiger partial charge is 0.317 e. The number of anilines is 1. The first-order chi connectivity index (χ1) is 12.0. The lowest BCUT2D eigenvalue weighted by molar-refractivity contribution is -0.138. The Morgan fingerprint density at radius 1 is 1.27 bits per heavy atom. The van der Waals surface area contributed by atoms with Crippen molar-refractivity contribution in [3.8, 4) is 5.75 Å². The minimum atomic E-state index is -0.803. The van der Waals surface area contributed by atoms with Gasteiger partial charge >= 0.3 is 5.97 Å². The van der Waals surface area contributed by atoms with Gasteiger partial charge in [0.1, 0.15) is 5.75 Å². The predicted octanol–water partition coefficient (Wildman–Crippen LogP) is 1.93. The van der Waals surface area contributed by atoms with Crippen LogP contribution in [0, 0.1) is 0 Å². The first kappa shape index (κ1) is 22.2. The second kappa shape index (κ2) is 11.0. The Bertz CT molecular complexity index is 582. The van der Waals surface area contributed by atoms with Crippen molar-refractivity contribution in [3.63, 3.8) is 0 Å². The van der Waals surface area contributed by atoms with Crippen LogP contribution in [0.1, 0.15) is 19.3 Å². The van der Waals surface area contributed by atoms with Gasteiger partial charge in [0.25, 0.3) is 0 Å². The van der Waals surface area contributed by atoms with Crippen LogP contribution in [-0.2, 0) is 9.59 Å². The number of benzene rings is 1. The summed E-state index contributed by atoms with van der Waals surface area (Å²) in [6.45, 7) is 2.06. The molecule has 1 fully saturated rings. The summed E-state index contributed by atoms with van der Waals surface area (Å²) >= 11 is 0. The quantitative estimate of drug-likeness (QED) is 0.746. The molecular formula is C18H28ClN3O4. The van der Waals surface area contributed by atoms with E-state index in [1.54, 1.807) is 7.11 Å². The van der Waals surface area contributed by atoms with Gasteiger partial charge in [-0.05, 0) is 57.1 Å². The number of nitrogens with one attached hydrogen (secondary N) is 1. The van der Waals surface area contributed by atoms with Gasteiger partial charge in [0.05, 0.1) is 20.2 Å². The van der Waals surface area contributed by atoms with Crippen molar-refractivity contribution in [2.45, 2.75) is 25.3 Å². The van der Waals surface area contributed by atoms with Crippen LogP contribution in [0.25, 0.3) is 0 Å². The van der Waals surface area contributed by atoms with Gasteiger partial charge in [-0.1, -0.05) is 0 Å². The number of hydrogen-bond donors (Lipinski definition) is 2. The molecule has 26 heavy (non-hydrogen) atoms. The fourth-order valence-electron chi connectivity index (χ4n) is 3.16. The Morgan fingerprint density at radius 2 is 1.96 bits per heavy atom. The summed E-state index contributed by atoms with van der Waals surface area (Å²) in [6.07, 6.45) is 2.80. The second-order valence-corrected chi connectivity index (χ2v) is 6.45. The standard InChI is InChI=1S/C18H27N3O4.ClH/c1-20(13-18(23)24)15-4-3-10-21(11-9-15)12-17(22)19-14-5-7-16(25-2)8-6-14;/h5-8,15H,3-4,9-13H2,1-2H3,(H,19,22)(H,23,24);1H. The molecule has 2 N–H and O–H groups in total. The Morgan fingerprint density at radius 3 is 2.58 bits per heavy atom. The summed E-state index contributed by atoms with van der Waals surface area (Å²) < 4.78 is 5.10. The number of methoxy groups -OCH3 is 1. The average Bonchev–Trinajstić information content (AvgIpc) is 2.80. The van der Waals surface area contributed by atoms with Gasteiger partial charge in [-0.25, -0.2) is 0 Å². The van der Waals surface area contributed by atoms with Gasteiger partial charge < -0.3 is 15.2 Å². The number of aliphatic carboxylic acids is 1. The summed E-state index contributed by atoms with van der Waals surface area (Å²) in [5.74, 6) is -0.0907. The van der Waals surface area contributed by atoms with Gasteiger partial charge in [-0.3, -0.25) is 19.4 Å². The lowest BCUT2D eigenvalue weighted by Gasteiger charge is -2.25. The van der Waals surface area contributed by atoms with E-state index in [0.29, 0.717) is 6.54 Å². The number of carbonyl (C=O) groups excluding carboxylic acids is 1. The SMILES string of the molecule is COc1ccc(NC(=O)CN2CCCC(N(C)CC(=O)O)CC2)cc1.Cl. The van der Waals surface area contributed by atoms with E-state index >= 15 is 0 Å². The molecule has 1 unspecified atom stereocenters. The Balaban J connectivity index is 0.00000338. The summed E-state index contributed by atoms with van der Waals surface area (Å²) in [7, 11) is 3.46. The zero-order chi connectivity index (χ0) is 18.2. The van der Waals surface area contributed by atoms with Crippen LogP contribution in [0.15, 0.2) is 24.3 Å². The molecule has 1 aromatic rings. The third-order valence-electron chi connectivity index (χ3n) is 4.54. The molecule has 1 heterocycles. The molecule has 2 rings (SSSR count). The van der Waals surface area contributed by atoms with Crippen LogP contribution in [0.3, 0.4) is 0 Å². The summed E-state index contributed by atoms with van der Waals surface area (Å²) in [6, 6.07) is 7.51. The van der Waals surface area contributed by atoms with E-state index < -0.39 is 5.97 Å². The number of carboxylic acid groups (broad SMARTS) is 1. The lowest BCUT2D eigenvalue weighted by Crippen LogP contribution is -2.37. The third kappa shape index (κ3) is 7.19. The largest absolute Gasteiger partial charge is 0.497 e. The summed E-state index contributed by atoms with van der Waals surface area (Å²) in [5, 5.41) is 11.8. The number of likely N-dealkylation sites (tertiary alicyclic amines) is 1. The van der Waals surface area contributed by atoms with Crippen molar-refractivity contribution in [1.82, 2.24) is 9.80 Å². The van der Waals surface area contributed by atoms with Gasteiger partial charge in [0.15, 0.2) is 0 Å². The molecule has 1 aliphatic rings. The van der Waals surface area contributed by atoms with E-state index in [9.17, 15) is 9.59 Å². The molecule has 1 aromatic carbocycles. The highest BCUT2D eigenvalue weighted by molar-refractivity contribution is 5.92. The predicted molar refractivity (Wildman–Crippen MR) is 103 cm³/mol. The number of ether oxygens (including phenoxy) is 1. The highest BCUT2D eigenvalue weighted by Crippen LogP contribution is 2.17. The maximum Gasteiger partial charge on any atom is 0.317 e. The number of nitrogens with zero attached hydrogens (tertiary/aromatic N) is 2. The number of hydrogen-bond acceptors (Lipinski definition) is 5. The summed E-state index contributed by atoms with van der Waals surface area (Å²) in [4.78, 5) is 27.1. The van der Waals surface area contributed by atoms with Crippen LogP contribution in [0.4, 0.5) is 5.69 Å². The van der Waals surface area contributed by atoms with E-state index in [4.69, 9.17) is 9.84 Å². The maximum atomic E-state index is 12.2. The van der Waals surface area contributed by atoms with Crippen molar-refractivity contribution in [2.75, 3.05) is 45.7 Å². The van der Waals surface area contributed by atoms with Crippen molar-refractivity contribution in [1.29, 1.82) is 0 Å². The molecule has 0 saturated carbocycles. The van der Waals surface area contributed by atoms with Crippen molar-refractivity contribution >= 4 is 30.0 Å². The molecule has 0 aromatic heterocycles. The van der Waals surface area contributed by atoms with E-state index in [0.717, 1.165) is 43.8 Å². The van der Waals surface area contributed by atoms with Crippen LogP contribution >= 0.6 is 12.4 Å². The van der Waals surface area contributed by atoms with Gasteiger partial charge in [-0.2, -0.15) is 0 Å². The monoisotopic (exact) mass is 385 g/mol. The van der Waals surface area contributed by atoms with E-state index in [1.807, 2.05) is 36.2 Å². The number of amides is 1. The third-order valence-corrected chi connectivity index (χ3v) is 4.54. The molecule has 1 aliphatic heterocycles. The van der Waals surface area contributed by atoms with Crippen molar-refractivity contribution in [3.05, 3.63) is 24.3 Å². The Labute approximate surface area is 160 Å². The molecule has 1 amide bonds. The molecule has 0 aliphatic carbocycles. The zero-order valence-electron chi connectivity index (χ0n) is 15.3. The highest BCUT2D eigenvalue weighted by Gasteiger charge is 2.22. The van der Waals surface area contributed by atoms with E-state index in [-0.39, 0.29) is 30.9 Å². The van der Waals surface area contributed by atoms with Crippen molar-refractivity contribution < 1.29 is 19.4 Å². The first-order valence-electron chi connectivity index (χ1n) is 8.56. The lowest BCUT2D eigenvalue weighted by atomic mass is 10.1. The molecule has 0 bridgehead atoms. The van der Waals surface area contributed by atoms with E-state index in [1.165, 1.54) is 0 Å². The van der Waals surface area contributed by atoms with Crippen molar-refractivity contribution in [2.24, 2.45) is 0 Å². The molecule has 1 saturated heterocycles. The molecule has 0 radical (unpaired) electrons. The number of rotatable bonds is 7. The van der Waals surface area contributed by atoms with Gasteiger partial charge in [0.2, 0.25) is 5.91 Å². The molecule has 7 nitrogen and oxygen atoms in total. The average molecular weight is 386 g/mol. The topological polar surface area (TPSA) is 82.1 Å². The fourth-order valence-corrected chi connectivity index (χ4v) is 3.16. The minimum Gasteiger partial charge on any atom is -0.497 e. The number of likely N-dealkylation sites (N-methyl/N-ethyl adjacent to an activating group) is 1. The van der Waals surface area contributed by atoms with Crippen LogP contribution < -0.4 is 10.1 Å². The number of carboxylic acids is 1. The van der Waals surface area contributed by atoms with Crippen LogP contribution in [0.5, 0.6) is 5.75 Å². The molecule has 0 spiro atoms. The zero-order valence-corrected chi connectivity index (χ0v) is 16.1. The van der Waals surface area contributed by atoms with Gasteiger partial charge in [-0.15, -0.1) is 12.4 Å². The summed E-state index contributed by atoms with van der Waals surface area (Å²) in [5.41, 5.74) is 0.750. The minimum absolute atomic E-state index is 0. The molecular weight excluding hydrogens is 358 g/mol. The molecule has 1 atom stereocenters. The Hall–Kier alpha value is -1.83. The second-order valence-electron chi connectivity index (χ2n) is 6.45. The number of carbonyl (C=O) groups is 2.